The molecule has 0 unspecified atom stereocenters. The Morgan fingerprint density at radius 1 is 1.08 bits per heavy atom. The summed E-state index contributed by atoms with van der Waals surface area (Å²) in [6.45, 7) is -3.21. The molecule has 1 N–H and O–H groups in total. The van der Waals surface area contributed by atoms with E-state index in [-0.39, 0.29) is 46.9 Å². The van der Waals surface area contributed by atoms with Gasteiger partial charge in [-0.3, -0.25) is 0 Å². The van der Waals surface area contributed by atoms with Crippen LogP contribution in [0.3, 0.4) is 0 Å². The fourth-order valence-electron chi connectivity index (χ4n) is 4.01. The Labute approximate surface area is 218 Å². The van der Waals surface area contributed by atoms with E-state index in [1.165, 1.54) is 45.0 Å². The van der Waals surface area contributed by atoms with Crippen LogP contribution in [0.4, 0.5) is 27.9 Å². The highest BCUT2D eigenvalue weighted by Crippen LogP contribution is 2.44. The van der Waals surface area contributed by atoms with E-state index in [9.17, 15) is 22.0 Å². The number of hydrogen-bond donors (Lipinski definition) is 1. The predicted molar refractivity (Wildman–Crippen MR) is 127 cm³/mol. The summed E-state index contributed by atoms with van der Waals surface area (Å²) in [5, 5.41) is 2.94. The van der Waals surface area contributed by atoms with E-state index < -0.39 is 18.5 Å². The molecule has 5 rings (SSSR count). The van der Waals surface area contributed by atoms with E-state index >= 15 is 0 Å². The number of nitrogens with zero attached hydrogens (tertiary/aromatic N) is 7. The van der Waals surface area contributed by atoms with Crippen LogP contribution < -0.4 is 14.8 Å². The molecule has 3 aromatic heterocycles. The second-order valence-corrected chi connectivity index (χ2v) is 8.66. The van der Waals surface area contributed by atoms with Crippen molar-refractivity contribution in [2.75, 3.05) is 12.4 Å². The fraction of sp³-hybridized carbons (Fsp3) is 0.333. The molecule has 0 aliphatic heterocycles. The molecule has 0 spiro atoms. The summed E-state index contributed by atoms with van der Waals surface area (Å²) in [6.07, 6.45) is 0.815. The van der Waals surface area contributed by atoms with Gasteiger partial charge in [0.05, 0.1) is 12.8 Å². The summed E-state index contributed by atoms with van der Waals surface area (Å²) in [7, 11) is 2.85. The number of nitrogens with one attached hydrogen (secondary N) is 1. The number of rotatable bonds is 9. The minimum Gasteiger partial charge on any atom is -0.480 e. The SMILES string of the molecule is COc1ncnc(C2CC2)c1-c1ncnc(NCc2ccc(-c3nc(C(F)(F)F)cn3C)cc2OC(F)F)n1. The molecule has 0 radical (unpaired) electrons. The second kappa shape index (κ2) is 10.4. The van der Waals surface area contributed by atoms with Gasteiger partial charge in [-0.05, 0) is 18.9 Å². The minimum atomic E-state index is -4.65. The van der Waals surface area contributed by atoms with Crippen LogP contribution in [0.15, 0.2) is 37.1 Å². The van der Waals surface area contributed by atoms with Crippen LogP contribution in [0.5, 0.6) is 11.6 Å². The van der Waals surface area contributed by atoms with Gasteiger partial charge in [-0.15, -0.1) is 0 Å². The van der Waals surface area contributed by atoms with E-state index in [2.05, 4.69) is 40.0 Å². The van der Waals surface area contributed by atoms with E-state index in [1.54, 1.807) is 0 Å². The summed E-state index contributed by atoms with van der Waals surface area (Å²) in [4.78, 5) is 24.9. The Kier molecular flexibility index (Phi) is 6.97. The van der Waals surface area contributed by atoms with E-state index in [0.717, 1.165) is 29.3 Å². The van der Waals surface area contributed by atoms with Gasteiger partial charge >= 0.3 is 12.8 Å². The lowest BCUT2D eigenvalue weighted by molar-refractivity contribution is -0.140. The number of halogens is 5. The highest BCUT2D eigenvalue weighted by Gasteiger charge is 2.35. The van der Waals surface area contributed by atoms with Crippen molar-refractivity contribution in [3.63, 3.8) is 0 Å². The number of aryl methyl sites for hydroxylation is 1. The van der Waals surface area contributed by atoms with Gasteiger partial charge in [0, 0.05) is 36.8 Å². The summed E-state index contributed by atoms with van der Waals surface area (Å²) in [6, 6.07) is 4.12. The molecule has 1 saturated carbocycles. The second-order valence-electron chi connectivity index (χ2n) is 8.66. The van der Waals surface area contributed by atoms with Gasteiger partial charge in [0.2, 0.25) is 11.8 Å². The smallest absolute Gasteiger partial charge is 0.434 e. The molecule has 1 aliphatic carbocycles. The monoisotopic (exact) mass is 548 g/mol. The fourth-order valence-corrected chi connectivity index (χ4v) is 4.01. The molecule has 3 heterocycles. The molecule has 1 aromatic carbocycles. The number of aromatic nitrogens is 7. The number of imidazole rings is 1. The number of anilines is 1. The van der Waals surface area contributed by atoms with Gasteiger partial charge in [0.15, 0.2) is 11.5 Å². The minimum absolute atomic E-state index is 0.0436. The topological polar surface area (TPSA) is 113 Å². The predicted octanol–water partition coefficient (Wildman–Crippen LogP) is 4.85. The molecule has 0 saturated heterocycles. The first-order valence-corrected chi connectivity index (χ1v) is 11.6. The molecular weight excluding hydrogens is 527 g/mol. The number of hydrogen-bond acceptors (Lipinski definition) is 9. The Morgan fingerprint density at radius 3 is 2.51 bits per heavy atom. The highest BCUT2D eigenvalue weighted by molar-refractivity contribution is 5.66. The van der Waals surface area contributed by atoms with Crippen molar-refractivity contribution >= 4 is 5.95 Å². The molecule has 1 fully saturated rings. The molecule has 1 aliphatic rings. The quantitative estimate of drug-likeness (QED) is 0.294. The summed E-state index contributed by atoms with van der Waals surface area (Å²) in [5.74, 6) is 0.683. The van der Waals surface area contributed by atoms with Crippen LogP contribution in [0.25, 0.3) is 22.8 Å². The average Bonchev–Trinajstić information content (AvgIpc) is 3.67. The maximum atomic E-state index is 13.2. The van der Waals surface area contributed by atoms with E-state index in [4.69, 9.17) is 4.74 Å². The van der Waals surface area contributed by atoms with Crippen LogP contribution in [-0.4, -0.2) is 48.2 Å². The normalized spacial score (nSPS) is 13.5. The van der Waals surface area contributed by atoms with Gasteiger partial charge in [-0.2, -0.15) is 26.9 Å². The number of benzene rings is 1. The lowest BCUT2D eigenvalue weighted by Gasteiger charge is -2.14. The Hall–Kier alpha value is -4.43. The number of ether oxygens (including phenoxy) is 2. The Balaban J connectivity index is 1.41. The Morgan fingerprint density at radius 2 is 1.85 bits per heavy atom. The third-order valence-electron chi connectivity index (χ3n) is 5.94. The lowest BCUT2D eigenvalue weighted by atomic mass is 10.1. The van der Waals surface area contributed by atoms with E-state index in [0.29, 0.717) is 11.4 Å². The molecule has 204 valence electrons. The van der Waals surface area contributed by atoms with Crippen molar-refractivity contribution < 1.29 is 31.4 Å². The van der Waals surface area contributed by atoms with Crippen molar-refractivity contribution in [3.8, 4) is 34.4 Å². The van der Waals surface area contributed by atoms with Gasteiger partial charge in [-0.25, -0.2) is 24.9 Å². The molecule has 0 amide bonds. The van der Waals surface area contributed by atoms with Crippen LogP contribution >= 0.6 is 0 Å². The van der Waals surface area contributed by atoms with Crippen LogP contribution in [-0.2, 0) is 19.8 Å². The maximum Gasteiger partial charge on any atom is 0.434 e. The van der Waals surface area contributed by atoms with Gasteiger partial charge in [-0.1, -0.05) is 12.1 Å². The van der Waals surface area contributed by atoms with Crippen molar-refractivity contribution in [2.24, 2.45) is 7.05 Å². The van der Waals surface area contributed by atoms with Crippen molar-refractivity contribution in [2.45, 2.75) is 38.1 Å². The number of methoxy groups -OCH3 is 1. The zero-order chi connectivity index (χ0) is 27.7. The third kappa shape index (κ3) is 5.71. The van der Waals surface area contributed by atoms with Gasteiger partial charge < -0.3 is 19.4 Å². The first-order valence-electron chi connectivity index (χ1n) is 11.6. The summed E-state index contributed by atoms with van der Waals surface area (Å²) in [5.41, 5.74) is 0.666. The number of alkyl halides is 5. The molecule has 39 heavy (non-hydrogen) atoms. The third-order valence-corrected chi connectivity index (χ3v) is 5.94. The highest BCUT2D eigenvalue weighted by atomic mass is 19.4. The first kappa shape index (κ1) is 26.2. The summed E-state index contributed by atoms with van der Waals surface area (Å²) >= 11 is 0. The summed E-state index contributed by atoms with van der Waals surface area (Å²) < 4.78 is 76.8. The van der Waals surface area contributed by atoms with Crippen LogP contribution in [0.1, 0.15) is 35.7 Å². The molecule has 0 atom stereocenters. The zero-order valence-corrected chi connectivity index (χ0v) is 20.6. The molecule has 0 bridgehead atoms. The van der Waals surface area contributed by atoms with Crippen LogP contribution in [0, 0.1) is 0 Å². The first-order chi connectivity index (χ1) is 18.6. The standard InChI is InChI=1S/C24H21F5N8O2/c1-37-9-16(24(27,28)29)35-20(37)13-5-6-14(15(7-13)39-22(25)26)8-30-23-34-11-32-19(36-23)17-18(12-3-4-12)31-10-33-21(17)38-2/h5-7,9-12,22H,3-4,8H2,1-2H3,(H,30,32,34,36). The van der Waals surface area contributed by atoms with Gasteiger partial charge in [0.25, 0.3) is 0 Å². The largest absolute Gasteiger partial charge is 0.480 e. The average molecular weight is 548 g/mol. The van der Waals surface area contributed by atoms with E-state index in [1.807, 2.05) is 0 Å². The molecule has 4 aromatic rings. The molecular formula is C24H21F5N8O2. The zero-order valence-electron chi connectivity index (χ0n) is 20.6. The Bertz CT molecular complexity index is 1490. The van der Waals surface area contributed by atoms with Gasteiger partial charge in [0.1, 0.15) is 29.8 Å². The van der Waals surface area contributed by atoms with Crippen molar-refractivity contribution in [1.82, 2.24) is 34.5 Å². The maximum absolute atomic E-state index is 13.2. The lowest BCUT2D eigenvalue weighted by Crippen LogP contribution is -2.10. The van der Waals surface area contributed by atoms with Crippen molar-refractivity contribution in [3.05, 3.63) is 54.0 Å². The van der Waals surface area contributed by atoms with Crippen molar-refractivity contribution in [1.29, 1.82) is 0 Å². The molecule has 10 nitrogen and oxygen atoms in total. The molecule has 15 heteroatoms. The van der Waals surface area contributed by atoms with Crippen LogP contribution in [0.2, 0.25) is 0 Å².